The molecule has 3 amide bonds. The van der Waals surface area contributed by atoms with Crippen molar-refractivity contribution in [3.63, 3.8) is 0 Å². The van der Waals surface area contributed by atoms with Gasteiger partial charge in [-0.2, -0.15) is 5.10 Å². The highest BCUT2D eigenvalue weighted by molar-refractivity contribution is 6.02. The van der Waals surface area contributed by atoms with E-state index in [1.54, 1.807) is 48.3 Å². The van der Waals surface area contributed by atoms with Crippen molar-refractivity contribution in [2.75, 3.05) is 18.5 Å². The van der Waals surface area contributed by atoms with Crippen LogP contribution in [-0.2, 0) is 16.6 Å². The van der Waals surface area contributed by atoms with Crippen molar-refractivity contribution in [1.82, 2.24) is 25.1 Å². The summed E-state index contributed by atoms with van der Waals surface area (Å²) in [5.41, 5.74) is 0.948. The van der Waals surface area contributed by atoms with Crippen LogP contribution in [0, 0.1) is 5.41 Å². The first-order valence-electron chi connectivity index (χ1n) is 9.20. The van der Waals surface area contributed by atoms with Crippen LogP contribution < -0.4 is 15.4 Å². The lowest BCUT2D eigenvalue weighted by molar-refractivity contribution is -0.156. The molecule has 0 saturated carbocycles. The van der Waals surface area contributed by atoms with Crippen molar-refractivity contribution < 1.29 is 19.1 Å². The number of hydrogen-bond acceptors (Lipinski definition) is 7. The summed E-state index contributed by atoms with van der Waals surface area (Å²) in [5.74, 6) is 0.979. The molecule has 3 aromatic heterocycles. The minimum Gasteiger partial charge on any atom is -0.456 e. The van der Waals surface area contributed by atoms with Gasteiger partial charge in [-0.3, -0.25) is 25.1 Å². The maximum absolute atomic E-state index is 12.0. The number of aryl methyl sites for hydroxylation is 1. The molecule has 1 aliphatic rings. The van der Waals surface area contributed by atoms with Gasteiger partial charge in [-0.25, -0.2) is 9.78 Å². The molecule has 10 heteroatoms. The SMILES string of the molecule is Cn1cc(-c2cc(Oc3ccc(NC(=O)NC(=O)C4(C)COC4)nc3)ccn2)cn1. The molecule has 3 aromatic rings. The van der Waals surface area contributed by atoms with Gasteiger partial charge in [0.25, 0.3) is 0 Å². The van der Waals surface area contributed by atoms with Gasteiger partial charge in [0, 0.05) is 31.1 Å². The summed E-state index contributed by atoms with van der Waals surface area (Å²) < 4.78 is 12.5. The van der Waals surface area contributed by atoms with Crippen LogP contribution in [0.15, 0.2) is 49.1 Å². The fourth-order valence-corrected chi connectivity index (χ4v) is 2.78. The first-order chi connectivity index (χ1) is 14.4. The highest BCUT2D eigenvalue weighted by Gasteiger charge is 2.41. The molecule has 0 spiro atoms. The first kappa shape index (κ1) is 19.5. The van der Waals surface area contributed by atoms with Gasteiger partial charge in [-0.05, 0) is 25.1 Å². The Morgan fingerprint density at radius 2 is 2.00 bits per heavy atom. The molecular weight excluding hydrogens is 388 g/mol. The maximum atomic E-state index is 12.0. The topological polar surface area (TPSA) is 120 Å². The quantitative estimate of drug-likeness (QED) is 0.665. The van der Waals surface area contributed by atoms with E-state index in [4.69, 9.17) is 9.47 Å². The van der Waals surface area contributed by atoms with E-state index < -0.39 is 11.4 Å². The molecule has 0 atom stereocenters. The van der Waals surface area contributed by atoms with Crippen LogP contribution in [0.4, 0.5) is 10.6 Å². The minimum atomic E-state index is -0.665. The number of aromatic nitrogens is 4. The molecule has 0 unspecified atom stereocenters. The Labute approximate surface area is 172 Å². The van der Waals surface area contributed by atoms with Gasteiger partial charge in [0.05, 0.1) is 36.7 Å². The molecule has 0 aromatic carbocycles. The Morgan fingerprint density at radius 3 is 2.63 bits per heavy atom. The van der Waals surface area contributed by atoms with Crippen molar-refractivity contribution in [3.05, 3.63) is 49.1 Å². The van der Waals surface area contributed by atoms with Crippen LogP contribution in [0.1, 0.15) is 6.92 Å². The van der Waals surface area contributed by atoms with Gasteiger partial charge in [0.2, 0.25) is 5.91 Å². The van der Waals surface area contributed by atoms with Crippen LogP contribution in [0.2, 0.25) is 0 Å². The summed E-state index contributed by atoms with van der Waals surface area (Å²) in [6.45, 7) is 2.34. The summed E-state index contributed by atoms with van der Waals surface area (Å²) in [6.07, 6.45) is 6.71. The highest BCUT2D eigenvalue weighted by Crippen LogP contribution is 2.27. The zero-order valence-electron chi connectivity index (χ0n) is 16.5. The van der Waals surface area contributed by atoms with Crippen LogP contribution in [0.3, 0.4) is 0 Å². The average molecular weight is 408 g/mol. The van der Waals surface area contributed by atoms with Crippen molar-refractivity contribution in [3.8, 4) is 22.8 Å². The Morgan fingerprint density at radius 1 is 1.17 bits per heavy atom. The molecule has 0 bridgehead atoms. The van der Waals surface area contributed by atoms with Crippen LogP contribution in [0.5, 0.6) is 11.5 Å². The van der Waals surface area contributed by atoms with Crippen molar-refractivity contribution in [1.29, 1.82) is 0 Å². The number of anilines is 1. The van der Waals surface area contributed by atoms with E-state index in [-0.39, 0.29) is 11.7 Å². The van der Waals surface area contributed by atoms with E-state index in [9.17, 15) is 9.59 Å². The largest absolute Gasteiger partial charge is 0.456 e. The van der Waals surface area contributed by atoms with Crippen molar-refractivity contribution in [2.45, 2.75) is 6.92 Å². The molecule has 1 fully saturated rings. The average Bonchev–Trinajstić information content (AvgIpc) is 3.14. The number of carbonyl (C=O) groups is 2. The van der Waals surface area contributed by atoms with E-state index in [1.807, 2.05) is 13.2 Å². The van der Waals surface area contributed by atoms with Crippen LogP contribution in [0.25, 0.3) is 11.3 Å². The summed E-state index contributed by atoms with van der Waals surface area (Å²) >= 11 is 0. The van der Waals surface area contributed by atoms with Gasteiger partial charge in [-0.15, -0.1) is 0 Å². The molecule has 0 radical (unpaired) electrons. The summed E-state index contributed by atoms with van der Waals surface area (Å²) in [6, 6.07) is 6.12. The van der Waals surface area contributed by atoms with E-state index >= 15 is 0 Å². The molecule has 10 nitrogen and oxygen atoms in total. The smallest absolute Gasteiger partial charge is 0.327 e. The Balaban J connectivity index is 1.36. The molecule has 1 saturated heterocycles. The summed E-state index contributed by atoms with van der Waals surface area (Å²) in [5, 5.41) is 8.95. The lowest BCUT2D eigenvalue weighted by atomic mass is 9.88. The number of imide groups is 1. The second kappa shape index (κ2) is 7.91. The van der Waals surface area contributed by atoms with E-state index in [0.717, 1.165) is 11.3 Å². The maximum Gasteiger partial charge on any atom is 0.327 e. The highest BCUT2D eigenvalue weighted by atomic mass is 16.5. The predicted molar refractivity (Wildman–Crippen MR) is 107 cm³/mol. The van der Waals surface area contributed by atoms with Gasteiger partial charge in [-0.1, -0.05) is 0 Å². The second-order valence-electron chi connectivity index (χ2n) is 7.22. The van der Waals surface area contributed by atoms with E-state index in [2.05, 4.69) is 25.7 Å². The third kappa shape index (κ3) is 4.28. The van der Waals surface area contributed by atoms with Crippen molar-refractivity contribution >= 4 is 17.8 Å². The normalized spacial score (nSPS) is 14.5. The van der Waals surface area contributed by atoms with Crippen LogP contribution >= 0.6 is 0 Å². The Kier molecular flexibility index (Phi) is 5.15. The molecular formula is C20H20N6O4. The third-order valence-electron chi connectivity index (χ3n) is 4.56. The number of urea groups is 1. The molecule has 154 valence electrons. The number of pyridine rings is 2. The fraction of sp³-hybridized carbons (Fsp3) is 0.250. The molecule has 4 rings (SSSR count). The third-order valence-corrected chi connectivity index (χ3v) is 4.56. The van der Waals surface area contributed by atoms with Gasteiger partial charge in [0.1, 0.15) is 17.3 Å². The number of rotatable bonds is 5. The van der Waals surface area contributed by atoms with Crippen LogP contribution in [-0.4, -0.2) is 44.9 Å². The number of nitrogens with one attached hydrogen (secondary N) is 2. The van der Waals surface area contributed by atoms with Gasteiger partial charge >= 0.3 is 6.03 Å². The number of carbonyl (C=O) groups excluding carboxylic acids is 2. The number of amides is 3. The lowest BCUT2D eigenvalue weighted by Gasteiger charge is -2.35. The number of ether oxygens (including phenoxy) is 2. The Bertz CT molecular complexity index is 1070. The monoisotopic (exact) mass is 408 g/mol. The molecule has 30 heavy (non-hydrogen) atoms. The fourth-order valence-electron chi connectivity index (χ4n) is 2.78. The standard InChI is InChI=1S/C20H20N6O4/c1-20(11-29-12-20)18(27)25-19(28)24-17-4-3-15(9-22-17)30-14-5-6-21-16(7-14)13-8-23-26(2)10-13/h3-10H,11-12H2,1-2H3,(H2,22,24,25,27,28). The minimum absolute atomic E-state index is 0.286. The lowest BCUT2D eigenvalue weighted by Crippen LogP contribution is -2.54. The van der Waals surface area contributed by atoms with Gasteiger partial charge < -0.3 is 9.47 Å². The zero-order chi connectivity index (χ0) is 21.1. The Hall–Kier alpha value is -3.79. The molecule has 2 N–H and O–H groups in total. The first-order valence-corrected chi connectivity index (χ1v) is 9.20. The van der Waals surface area contributed by atoms with Gasteiger partial charge in [0.15, 0.2) is 0 Å². The predicted octanol–water partition coefficient (Wildman–Crippen LogP) is 2.35. The second-order valence-corrected chi connectivity index (χ2v) is 7.22. The van der Waals surface area contributed by atoms with Crippen molar-refractivity contribution in [2.24, 2.45) is 12.5 Å². The molecule has 1 aliphatic heterocycles. The summed E-state index contributed by atoms with van der Waals surface area (Å²) in [7, 11) is 1.84. The van der Waals surface area contributed by atoms with E-state index in [0.29, 0.717) is 24.7 Å². The van der Waals surface area contributed by atoms with E-state index in [1.165, 1.54) is 6.20 Å². The zero-order valence-corrected chi connectivity index (χ0v) is 16.5. The summed E-state index contributed by atoms with van der Waals surface area (Å²) in [4.78, 5) is 32.5. The molecule has 4 heterocycles. The number of nitrogens with zero attached hydrogens (tertiary/aromatic N) is 4. The number of hydrogen-bond donors (Lipinski definition) is 2. The molecule has 0 aliphatic carbocycles.